The number of carbonyl (C=O) groups excluding carboxylic acids is 2. The predicted molar refractivity (Wildman–Crippen MR) is 73.8 cm³/mol. The molecule has 0 aliphatic carbocycles. The molecule has 1 fully saturated rings. The van der Waals surface area contributed by atoms with E-state index in [1.54, 1.807) is 24.3 Å². The second-order valence-corrected chi connectivity index (χ2v) is 5.76. The molecule has 0 saturated carbocycles. The van der Waals surface area contributed by atoms with E-state index in [0.717, 1.165) is 18.0 Å². The zero-order chi connectivity index (χ0) is 15.1. The van der Waals surface area contributed by atoms with Crippen LogP contribution in [0.5, 0.6) is 0 Å². The smallest absolute Gasteiger partial charge is 0.339 e. The third kappa shape index (κ3) is 2.17. The number of ether oxygens (including phenoxy) is 1. The lowest BCUT2D eigenvalue weighted by atomic mass is 10.0. The van der Waals surface area contributed by atoms with Crippen LogP contribution >= 0.6 is 11.8 Å². The van der Waals surface area contributed by atoms with Gasteiger partial charge in [0.05, 0.1) is 10.5 Å². The van der Waals surface area contributed by atoms with E-state index in [0.29, 0.717) is 11.1 Å². The Bertz CT molecular complexity index is 687. The highest BCUT2D eigenvalue weighted by Crippen LogP contribution is 2.45. The molecule has 2 heterocycles. The Morgan fingerprint density at radius 2 is 2.10 bits per heavy atom. The molecule has 0 aromatic heterocycles. The summed E-state index contributed by atoms with van der Waals surface area (Å²) in [6, 6.07) is 6.85. The van der Waals surface area contributed by atoms with Crippen LogP contribution < -0.4 is 0 Å². The van der Waals surface area contributed by atoms with Crippen molar-refractivity contribution in [1.29, 1.82) is 0 Å². The molecule has 0 radical (unpaired) electrons. The summed E-state index contributed by atoms with van der Waals surface area (Å²) in [5.74, 6) is -0.791. The van der Waals surface area contributed by atoms with Gasteiger partial charge in [0.2, 0.25) is 5.91 Å². The highest BCUT2D eigenvalue weighted by Gasteiger charge is 2.47. The Labute approximate surface area is 123 Å². The fraction of sp³-hybridized carbons (Fsp3) is 0.231. The number of nitrogens with zero attached hydrogens (tertiary/aromatic N) is 2. The summed E-state index contributed by atoms with van der Waals surface area (Å²) < 4.78 is 5.28. The van der Waals surface area contributed by atoms with Crippen LogP contribution in [-0.2, 0) is 9.53 Å². The van der Waals surface area contributed by atoms with E-state index in [2.05, 4.69) is 0 Å². The van der Waals surface area contributed by atoms with E-state index < -0.39 is 22.2 Å². The van der Waals surface area contributed by atoms with Crippen molar-refractivity contribution < 1.29 is 19.2 Å². The SMILES string of the molecule is CN1C(=O)[C@@H]([C@@H]2OC(=O)c3ccccc32)S/C1=C\[N+](=O)[O-]. The molecule has 2 aliphatic rings. The number of thioether (sulfide) groups is 1. The normalized spacial score (nSPS) is 26.1. The molecule has 7 nitrogen and oxygen atoms in total. The van der Waals surface area contributed by atoms with Crippen molar-refractivity contribution >= 4 is 23.6 Å². The molecule has 0 bridgehead atoms. The van der Waals surface area contributed by atoms with Gasteiger partial charge in [-0.1, -0.05) is 30.0 Å². The quantitative estimate of drug-likeness (QED) is 0.468. The van der Waals surface area contributed by atoms with Crippen molar-refractivity contribution in [3.05, 3.63) is 56.7 Å². The molecule has 2 atom stereocenters. The van der Waals surface area contributed by atoms with E-state index in [4.69, 9.17) is 4.74 Å². The molecule has 0 spiro atoms. The summed E-state index contributed by atoms with van der Waals surface area (Å²) in [6.45, 7) is 0. The number of benzene rings is 1. The van der Waals surface area contributed by atoms with Gasteiger partial charge in [0.25, 0.3) is 6.20 Å². The molecule has 2 aliphatic heterocycles. The highest BCUT2D eigenvalue weighted by molar-refractivity contribution is 8.04. The first kappa shape index (κ1) is 13.6. The number of cyclic esters (lactones) is 1. The van der Waals surface area contributed by atoms with Crippen LogP contribution in [0.1, 0.15) is 22.0 Å². The van der Waals surface area contributed by atoms with Crippen LogP contribution in [0.2, 0.25) is 0 Å². The molecule has 0 unspecified atom stereocenters. The Hall–Kier alpha value is -2.35. The largest absolute Gasteiger partial charge is 0.452 e. The Kier molecular flexibility index (Phi) is 3.17. The van der Waals surface area contributed by atoms with Gasteiger partial charge in [-0.25, -0.2) is 4.79 Å². The van der Waals surface area contributed by atoms with Crippen LogP contribution in [0.15, 0.2) is 35.5 Å². The topological polar surface area (TPSA) is 89.8 Å². The molecule has 1 amide bonds. The van der Waals surface area contributed by atoms with Crippen LogP contribution in [-0.4, -0.2) is 34.0 Å². The van der Waals surface area contributed by atoms with Gasteiger partial charge in [-0.15, -0.1) is 0 Å². The van der Waals surface area contributed by atoms with Crippen molar-refractivity contribution in [3.63, 3.8) is 0 Å². The molecule has 1 aromatic rings. The number of nitro groups is 1. The number of esters is 1. The van der Waals surface area contributed by atoms with E-state index in [9.17, 15) is 19.7 Å². The minimum absolute atomic E-state index is 0.232. The van der Waals surface area contributed by atoms with E-state index in [-0.39, 0.29) is 10.9 Å². The van der Waals surface area contributed by atoms with Gasteiger partial charge >= 0.3 is 5.97 Å². The molecule has 0 N–H and O–H groups in total. The van der Waals surface area contributed by atoms with Gasteiger partial charge < -0.3 is 9.64 Å². The van der Waals surface area contributed by atoms with Gasteiger partial charge in [0, 0.05) is 12.6 Å². The lowest BCUT2D eigenvalue weighted by Gasteiger charge is -2.15. The minimum Gasteiger partial charge on any atom is -0.452 e. The lowest BCUT2D eigenvalue weighted by molar-refractivity contribution is -0.403. The van der Waals surface area contributed by atoms with E-state index in [1.165, 1.54) is 11.9 Å². The Morgan fingerprint density at radius 3 is 2.81 bits per heavy atom. The molecule has 1 saturated heterocycles. The van der Waals surface area contributed by atoms with Gasteiger partial charge in [-0.3, -0.25) is 14.9 Å². The first-order valence-electron chi connectivity index (χ1n) is 6.08. The van der Waals surface area contributed by atoms with Crippen molar-refractivity contribution in [1.82, 2.24) is 4.90 Å². The summed E-state index contributed by atoms with van der Waals surface area (Å²) in [6.07, 6.45) is 0.0666. The molecule has 8 heteroatoms. The molecular weight excluding hydrogens is 296 g/mol. The van der Waals surface area contributed by atoms with E-state index in [1.807, 2.05) is 0 Å². The second-order valence-electron chi connectivity index (χ2n) is 4.60. The summed E-state index contributed by atoms with van der Waals surface area (Å²) in [7, 11) is 1.47. The van der Waals surface area contributed by atoms with Gasteiger partial charge in [-0.05, 0) is 6.07 Å². The van der Waals surface area contributed by atoms with Crippen LogP contribution in [0, 0.1) is 10.1 Å². The second kappa shape index (κ2) is 4.88. The number of amides is 1. The molecular formula is C13H10N2O5S. The summed E-state index contributed by atoms with van der Waals surface area (Å²) in [4.78, 5) is 35.2. The van der Waals surface area contributed by atoms with Crippen molar-refractivity contribution in [2.24, 2.45) is 0 Å². The summed E-state index contributed by atoms with van der Waals surface area (Å²) >= 11 is 1.04. The fourth-order valence-electron chi connectivity index (χ4n) is 2.36. The average molecular weight is 306 g/mol. The number of hydrogen-bond acceptors (Lipinski definition) is 6. The standard InChI is InChI=1S/C13H10N2O5S/c1-14-9(6-15(18)19)21-11(12(14)16)10-7-4-2-3-5-8(7)13(17)20-10/h2-6,10-11H,1H3/b9-6-/t10-,11-/m1/s1. The number of carbonyl (C=O) groups is 2. The van der Waals surface area contributed by atoms with Crippen LogP contribution in [0.3, 0.4) is 0 Å². The van der Waals surface area contributed by atoms with Crippen LogP contribution in [0.4, 0.5) is 0 Å². The first-order valence-corrected chi connectivity index (χ1v) is 6.96. The molecule has 108 valence electrons. The van der Waals surface area contributed by atoms with Gasteiger partial charge in [-0.2, -0.15) is 0 Å². The third-order valence-electron chi connectivity index (χ3n) is 3.36. The maximum absolute atomic E-state index is 12.3. The third-order valence-corrected chi connectivity index (χ3v) is 4.69. The maximum Gasteiger partial charge on any atom is 0.339 e. The molecule has 3 rings (SSSR count). The first-order chi connectivity index (χ1) is 9.99. The zero-order valence-electron chi connectivity index (χ0n) is 10.9. The predicted octanol–water partition coefficient (Wildman–Crippen LogP) is 1.55. The van der Waals surface area contributed by atoms with Gasteiger partial charge in [0.1, 0.15) is 16.4 Å². The summed E-state index contributed by atoms with van der Waals surface area (Å²) in [5.41, 5.74) is 1.08. The zero-order valence-corrected chi connectivity index (χ0v) is 11.7. The molecule has 21 heavy (non-hydrogen) atoms. The Morgan fingerprint density at radius 1 is 1.38 bits per heavy atom. The lowest BCUT2D eigenvalue weighted by Crippen LogP contribution is -2.29. The van der Waals surface area contributed by atoms with Gasteiger partial charge in [0.15, 0.2) is 0 Å². The summed E-state index contributed by atoms with van der Waals surface area (Å²) in [5, 5.41) is 10.1. The minimum atomic E-state index is -0.716. The number of rotatable bonds is 2. The average Bonchev–Trinajstić information content (AvgIpc) is 2.91. The van der Waals surface area contributed by atoms with Crippen molar-refractivity contribution in [2.45, 2.75) is 11.4 Å². The van der Waals surface area contributed by atoms with E-state index >= 15 is 0 Å². The Balaban J connectivity index is 1.95. The maximum atomic E-state index is 12.3. The highest BCUT2D eigenvalue weighted by atomic mass is 32.2. The fourth-order valence-corrected chi connectivity index (χ4v) is 3.60. The number of fused-ring (bicyclic) bond motifs is 1. The molecule has 1 aromatic carbocycles. The van der Waals surface area contributed by atoms with Crippen molar-refractivity contribution in [2.75, 3.05) is 7.05 Å². The van der Waals surface area contributed by atoms with Crippen molar-refractivity contribution in [3.8, 4) is 0 Å². The number of hydrogen-bond donors (Lipinski definition) is 0. The van der Waals surface area contributed by atoms with Crippen LogP contribution in [0.25, 0.3) is 0 Å². The monoisotopic (exact) mass is 306 g/mol.